The third-order valence-corrected chi connectivity index (χ3v) is 16.5. The molecule has 4 atom stereocenters. The van der Waals surface area contributed by atoms with Crippen molar-refractivity contribution in [3.8, 4) is 11.5 Å². The van der Waals surface area contributed by atoms with Crippen LogP contribution in [0.2, 0.25) is 0 Å². The van der Waals surface area contributed by atoms with Gasteiger partial charge in [-0.2, -0.15) is 26.3 Å². The summed E-state index contributed by atoms with van der Waals surface area (Å²) >= 11 is 5.45. The maximum atomic E-state index is 13.3. The number of likely N-dealkylation sites (N-methyl/N-ethyl adjacent to an activating group) is 2. The Kier molecular flexibility index (Phi) is 21.7. The summed E-state index contributed by atoms with van der Waals surface area (Å²) in [7, 11) is 2.23. The molecule has 15 nitrogen and oxygen atoms in total. The van der Waals surface area contributed by atoms with E-state index in [4.69, 9.17) is 34.0 Å². The van der Waals surface area contributed by atoms with Gasteiger partial charge in [-0.15, -0.1) is 45.3 Å². The number of carbonyl (C=O) groups is 4. The van der Waals surface area contributed by atoms with Crippen LogP contribution in [0.5, 0.6) is 11.5 Å². The Labute approximate surface area is 450 Å². The molecule has 0 saturated carbocycles. The minimum atomic E-state index is -5.19. The Bertz CT molecular complexity index is 2610. The van der Waals surface area contributed by atoms with Crippen molar-refractivity contribution in [1.29, 1.82) is 0 Å². The minimum Gasteiger partial charge on any atom is -0.542 e. The summed E-state index contributed by atoms with van der Waals surface area (Å²) < 4.78 is 84.6. The lowest BCUT2D eigenvalue weighted by Gasteiger charge is -2.33. The molecule has 0 spiro atoms. The number of esters is 2. The molecule has 8 rings (SSSR count). The number of ether oxygens (including phenoxy) is 3. The van der Waals surface area contributed by atoms with Crippen molar-refractivity contribution in [2.24, 2.45) is 0 Å². The second kappa shape index (κ2) is 27.0. The molecule has 5 aromatic heterocycles. The molecule has 2 saturated heterocycles. The van der Waals surface area contributed by atoms with Crippen LogP contribution in [0.15, 0.2) is 119 Å². The van der Waals surface area contributed by atoms with Crippen molar-refractivity contribution < 1.29 is 94.2 Å². The number of benzene rings is 1. The second-order valence-corrected chi connectivity index (χ2v) is 21.8. The number of aromatic nitrogens is 1. The molecular formula is C51H57F6N3O12S4. The van der Waals surface area contributed by atoms with E-state index in [0.717, 1.165) is 87.0 Å². The summed E-state index contributed by atoms with van der Waals surface area (Å²) in [6, 6.07) is 25.4. The molecule has 25 heteroatoms. The maximum absolute atomic E-state index is 13.3. The summed E-state index contributed by atoms with van der Waals surface area (Å²) in [5, 5.41) is 57.4. The zero-order chi connectivity index (χ0) is 55.8. The van der Waals surface area contributed by atoms with E-state index in [1.54, 1.807) is 42.5 Å². The number of carboxylic acids is 2. The van der Waals surface area contributed by atoms with E-state index >= 15 is 0 Å². The molecule has 2 aliphatic rings. The van der Waals surface area contributed by atoms with Crippen LogP contribution in [0, 0.1) is 0 Å². The first kappa shape index (κ1) is 61.1. The summed E-state index contributed by atoms with van der Waals surface area (Å²) in [6.07, 6.45) is -3.05. The second-order valence-electron chi connectivity index (χ2n) is 18.0. The van der Waals surface area contributed by atoms with Gasteiger partial charge in [0.2, 0.25) is 11.2 Å². The fourth-order valence-corrected chi connectivity index (χ4v) is 12.0. The number of hydrogen-bond donors (Lipinski definition) is 3. The van der Waals surface area contributed by atoms with Crippen LogP contribution >= 0.6 is 45.3 Å². The molecule has 3 N–H and O–H groups in total. The lowest BCUT2D eigenvalue weighted by atomic mass is 10.00. The predicted octanol–water partition coefficient (Wildman–Crippen LogP) is 6.67. The van der Waals surface area contributed by atoms with Crippen LogP contribution in [0.3, 0.4) is 0 Å². The number of rotatable bonds is 18. The molecule has 0 amide bonds. The number of phenols is 1. The fourth-order valence-electron chi connectivity index (χ4n) is 8.58. The zero-order valence-corrected chi connectivity index (χ0v) is 44.4. The highest BCUT2D eigenvalue weighted by Crippen LogP contribution is 2.39. The van der Waals surface area contributed by atoms with Crippen LogP contribution in [-0.4, -0.2) is 137 Å². The molecule has 4 unspecified atom stereocenters. The normalized spacial score (nSPS) is 19.4. The largest absolute Gasteiger partial charge is 0.542 e. The first-order valence-electron chi connectivity index (χ1n) is 23.6. The number of aliphatic hydroxyl groups is 2. The first-order valence-corrected chi connectivity index (χ1v) is 27.2. The number of carbonyl (C=O) groups excluding carboxylic acids is 4. The molecule has 0 aliphatic carbocycles. The maximum Gasteiger partial charge on any atom is 0.430 e. The van der Waals surface area contributed by atoms with Crippen molar-refractivity contribution in [1.82, 2.24) is 4.57 Å². The van der Waals surface area contributed by atoms with Gasteiger partial charge in [0, 0.05) is 50.7 Å². The van der Waals surface area contributed by atoms with E-state index < -0.39 is 47.4 Å². The van der Waals surface area contributed by atoms with Gasteiger partial charge in [0.15, 0.2) is 12.2 Å². The monoisotopic (exact) mass is 1150 g/mol. The standard InChI is InChI=1S/C25H29NO5S2.C22H27N2O3S2.2C2HF3O2/c1-2-26(12-6-14-30-20-8-3-7-19(27)17-20)13-11-21(18-26)31-24(28)25(29,22-9-4-15-32-22)23-10-5-16-33-23;1-24(13-6-12-23-10-2-3-11-23)14-9-18(17-24)27-21(25)22(26,19-7-4-15-28-19)20-8-5-16-29-20;2*3-2(4,5)1(6)7/h3-5,7-10,15-17,21,29H,2,6,11-14,18H2,1H3;2-5,7-8,10-11,15-16,18,26H,6,9,12-14,17H2,1H3;2*(H,6,7)/q;+1;;/p-1. The lowest BCUT2D eigenvalue weighted by molar-refractivity contribution is -0.916. The smallest absolute Gasteiger partial charge is 0.430 e. The minimum absolute atomic E-state index is 0.162. The van der Waals surface area contributed by atoms with Crippen LogP contribution < -0.4 is 14.9 Å². The summed E-state index contributed by atoms with van der Waals surface area (Å²) in [6.45, 7) is 10.1. The van der Waals surface area contributed by atoms with E-state index in [1.165, 1.54) is 45.3 Å². The number of aliphatic carboxylic acids is 2. The SMILES string of the molecule is CC[N+]1(CCCOc2cccc(O)c2)CCC(OC(=O)C(O)(c2cccs2)c2cccs2)C1.C[N+]1(CCCn2cccc2)CCC(OC(=O)C(O)(c2cccs2)c2cccs2)C1.O=C([O-])C(F)(F)F.O=C([O-])C(F)(F)F. The van der Waals surface area contributed by atoms with Crippen LogP contribution in [0.25, 0.3) is 0 Å². The van der Waals surface area contributed by atoms with Crippen LogP contribution in [0.4, 0.5) is 26.3 Å². The first-order chi connectivity index (χ1) is 35.8. The summed E-state index contributed by atoms with van der Waals surface area (Å²) in [5.74, 6) is -6.32. The number of halogens is 6. The lowest BCUT2D eigenvalue weighted by Crippen LogP contribution is -2.48. The van der Waals surface area contributed by atoms with Gasteiger partial charge in [-0.3, -0.25) is 0 Å². The number of likely N-dealkylation sites (tertiary alicyclic amines) is 2. The van der Waals surface area contributed by atoms with E-state index in [0.29, 0.717) is 31.9 Å². The molecule has 2 fully saturated rings. The Morgan fingerprint density at radius 2 is 1.11 bits per heavy atom. The zero-order valence-electron chi connectivity index (χ0n) is 41.2. The third kappa shape index (κ3) is 16.8. The molecule has 0 radical (unpaired) electrons. The van der Waals surface area contributed by atoms with Gasteiger partial charge in [-0.25, -0.2) is 9.59 Å². The van der Waals surface area contributed by atoms with Crippen molar-refractivity contribution in [2.75, 3.05) is 59.5 Å². The molecule has 2 aliphatic heterocycles. The Balaban J connectivity index is 0.000000226. The highest BCUT2D eigenvalue weighted by Gasteiger charge is 2.49. The van der Waals surface area contributed by atoms with Crippen molar-refractivity contribution in [2.45, 2.75) is 74.9 Å². The van der Waals surface area contributed by atoms with Crippen molar-refractivity contribution in [3.63, 3.8) is 0 Å². The van der Waals surface area contributed by atoms with Gasteiger partial charge in [0.25, 0.3) is 0 Å². The van der Waals surface area contributed by atoms with Gasteiger partial charge in [-0.05, 0) is 77.0 Å². The number of carboxylic acid groups (broad SMARTS) is 2. The molecule has 76 heavy (non-hydrogen) atoms. The van der Waals surface area contributed by atoms with E-state index in [9.17, 15) is 51.3 Å². The van der Waals surface area contributed by atoms with Crippen LogP contribution in [-0.2, 0) is 46.4 Å². The number of alkyl halides is 6. The number of nitrogens with zero attached hydrogens (tertiary/aromatic N) is 3. The third-order valence-electron chi connectivity index (χ3n) is 12.6. The summed E-state index contributed by atoms with van der Waals surface area (Å²) in [5.41, 5.74) is -3.48. The Hall–Kier alpha value is -5.80. The van der Waals surface area contributed by atoms with Gasteiger partial charge >= 0.3 is 24.3 Å². The average Bonchev–Trinajstić information content (AvgIpc) is 4.22. The quantitative estimate of drug-likeness (QED) is 0.0357. The number of aryl methyl sites for hydroxylation is 1. The van der Waals surface area contributed by atoms with Gasteiger partial charge in [0.05, 0.1) is 65.9 Å². The van der Waals surface area contributed by atoms with E-state index in [-0.39, 0.29) is 18.0 Å². The fraction of sp³-hybridized carbons (Fsp3) is 0.412. The number of quaternary nitrogens is 2. The predicted molar refractivity (Wildman–Crippen MR) is 268 cm³/mol. The molecule has 414 valence electrons. The highest BCUT2D eigenvalue weighted by atomic mass is 32.1. The number of aromatic hydroxyl groups is 1. The number of hydrogen-bond acceptors (Lipinski definition) is 16. The van der Waals surface area contributed by atoms with E-state index in [2.05, 4.69) is 30.9 Å². The topological polar surface area (TPSA) is 208 Å². The number of thiophene rings is 4. The number of phenolic OH excluding ortho intramolecular Hbond substituents is 1. The average molecular weight is 1150 g/mol. The van der Waals surface area contributed by atoms with Crippen molar-refractivity contribution in [3.05, 3.63) is 138 Å². The molecule has 0 bridgehead atoms. The van der Waals surface area contributed by atoms with E-state index in [1.807, 2.05) is 64.0 Å². The van der Waals surface area contributed by atoms with Crippen LogP contribution in [0.1, 0.15) is 52.1 Å². The van der Waals surface area contributed by atoms with Gasteiger partial charge in [0.1, 0.15) is 36.5 Å². The highest BCUT2D eigenvalue weighted by molar-refractivity contribution is 7.12. The van der Waals surface area contributed by atoms with Gasteiger partial charge in [-0.1, -0.05) is 30.3 Å². The Morgan fingerprint density at radius 3 is 1.51 bits per heavy atom. The van der Waals surface area contributed by atoms with Crippen molar-refractivity contribution >= 4 is 69.2 Å². The Morgan fingerprint density at radius 1 is 0.658 bits per heavy atom. The molecule has 1 aromatic carbocycles. The molecular weight excluding hydrogens is 1090 g/mol. The molecule has 7 heterocycles. The molecule has 6 aromatic rings. The van der Waals surface area contributed by atoms with Gasteiger partial charge < -0.3 is 62.9 Å². The summed E-state index contributed by atoms with van der Waals surface area (Å²) in [4.78, 5) is 46.3.